The summed E-state index contributed by atoms with van der Waals surface area (Å²) in [5, 5.41) is 0.481. The van der Waals surface area contributed by atoms with Gasteiger partial charge in [-0.1, -0.05) is 6.92 Å². The van der Waals surface area contributed by atoms with Crippen molar-refractivity contribution < 1.29 is 4.21 Å². The van der Waals surface area contributed by atoms with Gasteiger partial charge in [0, 0.05) is 11.8 Å². The molecule has 0 aromatic rings. The molecule has 3 heteroatoms. The zero-order chi connectivity index (χ0) is 5.98. The van der Waals surface area contributed by atoms with E-state index in [-0.39, 0.29) is 0 Å². The summed E-state index contributed by atoms with van der Waals surface area (Å²) in [6.07, 6.45) is 2.30. The molecule has 2 nitrogen and oxygen atoms in total. The van der Waals surface area contributed by atoms with Crippen LogP contribution in [0.1, 0.15) is 19.8 Å². The molecule has 1 saturated carbocycles. The highest BCUT2D eigenvalue weighted by molar-refractivity contribution is 7.84. The Morgan fingerprint density at radius 2 is 2.38 bits per heavy atom. The molecular formula is C5H11NOS. The van der Waals surface area contributed by atoms with Gasteiger partial charge in [0.25, 0.3) is 0 Å². The largest absolute Gasteiger partial charge is 0.243 e. The van der Waals surface area contributed by atoms with Crippen molar-refractivity contribution in [2.45, 2.75) is 25.0 Å². The maximum atomic E-state index is 10.8. The first-order valence-corrected chi connectivity index (χ1v) is 4.20. The maximum Gasteiger partial charge on any atom is 0.0946 e. The summed E-state index contributed by atoms with van der Waals surface area (Å²) < 4.78 is 13.7. The zero-order valence-corrected chi connectivity index (χ0v) is 5.83. The van der Waals surface area contributed by atoms with Gasteiger partial charge >= 0.3 is 0 Å². The van der Waals surface area contributed by atoms with E-state index in [1.165, 1.54) is 0 Å². The molecule has 1 atom stereocenters. The molecule has 1 aliphatic rings. The highest BCUT2D eigenvalue weighted by atomic mass is 32.2. The van der Waals surface area contributed by atoms with Crippen molar-refractivity contribution in [1.29, 1.82) is 0 Å². The van der Waals surface area contributed by atoms with Gasteiger partial charge in [0.1, 0.15) is 0 Å². The van der Waals surface area contributed by atoms with E-state index in [1.54, 1.807) is 0 Å². The minimum atomic E-state index is -0.711. The fourth-order valence-corrected chi connectivity index (χ4v) is 1.63. The van der Waals surface area contributed by atoms with Gasteiger partial charge < -0.3 is 0 Å². The fraction of sp³-hybridized carbons (Fsp3) is 1.00. The summed E-state index contributed by atoms with van der Waals surface area (Å²) in [5.74, 6) is 0. The highest BCUT2D eigenvalue weighted by Gasteiger charge is 2.27. The summed E-state index contributed by atoms with van der Waals surface area (Å²) in [5.41, 5.74) is 0. The van der Waals surface area contributed by atoms with Crippen LogP contribution in [-0.4, -0.2) is 16.0 Å². The molecule has 8 heavy (non-hydrogen) atoms. The quantitative estimate of drug-likeness (QED) is 0.594. The Morgan fingerprint density at radius 1 is 1.75 bits per heavy atom. The molecule has 0 aromatic heterocycles. The predicted molar refractivity (Wildman–Crippen MR) is 34.8 cm³/mol. The van der Waals surface area contributed by atoms with Crippen molar-refractivity contribution in [2.24, 2.45) is 0 Å². The Labute approximate surface area is 52.3 Å². The summed E-state index contributed by atoms with van der Waals surface area (Å²) >= 11 is 0. The third-order valence-corrected chi connectivity index (χ3v) is 2.76. The second-order valence-electron chi connectivity index (χ2n) is 1.99. The molecule has 1 fully saturated rings. The van der Waals surface area contributed by atoms with Crippen LogP contribution >= 0.6 is 0 Å². The molecular weight excluding hydrogens is 122 g/mol. The number of nitrogens with one attached hydrogen (secondary N) is 1. The molecule has 0 heterocycles. The van der Waals surface area contributed by atoms with Crippen LogP contribution in [0.25, 0.3) is 0 Å². The van der Waals surface area contributed by atoms with Gasteiger partial charge in [-0.25, -0.2) is 8.93 Å². The van der Waals surface area contributed by atoms with E-state index in [0.29, 0.717) is 5.25 Å². The Hall–Kier alpha value is 0.110. The molecule has 1 unspecified atom stereocenters. The lowest BCUT2D eigenvalue weighted by Gasteiger charge is -1.95. The van der Waals surface area contributed by atoms with Crippen molar-refractivity contribution >= 4 is 11.0 Å². The van der Waals surface area contributed by atoms with Gasteiger partial charge in [-0.15, -0.1) is 0 Å². The first kappa shape index (κ1) is 6.23. The molecule has 1 N–H and O–H groups in total. The maximum absolute atomic E-state index is 10.8. The lowest BCUT2D eigenvalue weighted by Crippen LogP contribution is -2.19. The van der Waals surface area contributed by atoms with E-state index < -0.39 is 11.0 Å². The molecule has 0 bridgehead atoms. The second kappa shape index (κ2) is 2.60. The minimum Gasteiger partial charge on any atom is -0.243 e. The SMILES string of the molecule is CCNS(=O)C1CC1. The van der Waals surface area contributed by atoms with Crippen LogP contribution in [0.2, 0.25) is 0 Å². The van der Waals surface area contributed by atoms with Gasteiger partial charge in [0.2, 0.25) is 0 Å². The molecule has 0 aromatic carbocycles. The Morgan fingerprint density at radius 3 is 2.75 bits per heavy atom. The van der Waals surface area contributed by atoms with E-state index in [0.717, 1.165) is 19.4 Å². The van der Waals surface area contributed by atoms with E-state index in [9.17, 15) is 4.21 Å². The Kier molecular flexibility index (Phi) is 2.02. The van der Waals surface area contributed by atoms with Crippen molar-refractivity contribution in [2.75, 3.05) is 6.54 Å². The van der Waals surface area contributed by atoms with Crippen LogP contribution in [0.3, 0.4) is 0 Å². The fourth-order valence-electron chi connectivity index (χ4n) is 0.542. The number of hydrogen-bond donors (Lipinski definition) is 1. The standard InChI is InChI=1S/C5H11NOS/c1-2-6-8(7)5-3-4-5/h5-6H,2-4H2,1H3. The molecule has 0 aliphatic heterocycles. The summed E-state index contributed by atoms with van der Waals surface area (Å²) in [6.45, 7) is 2.80. The highest BCUT2D eigenvalue weighted by Crippen LogP contribution is 2.24. The Balaban J connectivity index is 2.13. The van der Waals surface area contributed by atoms with Crippen molar-refractivity contribution in [3.63, 3.8) is 0 Å². The smallest absolute Gasteiger partial charge is 0.0946 e. The molecule has 0 amide bonds. The van der Waals surface area contributed by atoms with E-state index in [1.807, 2.05) is 6.92 Å². The topological polar surface area (TPSA) is 29.1 Å². The lowest BCUT2D eigenvalue weighted by molar-refractivity contribution is 0.673. The van der Waals surface area contributed by atoms with Crippen LogP contribution < -0.4 is 4.72 Å². The molecule has 0 saturated heterocycles. The van der Waals surface area contributed by atoms with Crippen LogP contribution in [0.4, 0.5) is 0 Å². The average Bonchev–Trinajstić information content (AvgIpc) is 2.45. The predicted octanol–water partition coefficient (Wildman–Crippen LogP) is 0.422. The molecule has 0 radical (unpaired) electrons. The summed E-state index contributed by atoms with van der Waals surface area (Å²) in [4.78, 5) is 0. The van der Waals surface area contributed by atoms with E-state index >= 15 is 0 Å². The van der Waals surface area contributed by atoms with E-state index in [4.69, 9.17) is 0 Å². The number of hydrogen-bond acceptors (Lipinski definition) is 1. The van der Waals surface area contributed by atoms with Crippen LogP contribution in [0, 0.1) is 0 Å². The summed E-state index contributed by atoms with van der Waals surface area (Å²) in [7, 11) is -0.711. The minimum absolute atomic E-state index is 0.481. The van der Waals surface area contributed by atoms with Gasteiger partial charge in [-0.3, -0.25) is 0 Å². The second-order valence-corrected chi connectivity index (χ2v) is 3.54. The molecule has 1 aliphatic carbocycles. The van der Waals surface area contributed by atoms with Gasteiger partial charge in [-0.05, 0) is 12.8 Å². The van der Waals surface area contributed by atoms with Crippen molar-refractivity contribution in [3.05, 3.63) is 0 Å². The first-order chi connectivity index (χ1) is 3.84. The van der Waals surface area contributed by atoms with Crippen LogP contribution in [0.15, 0.2) is 0 Å². The third-order valence-electron chi connectivity index (χ3n) is 1.11. The van der Waals surface area contributed by atoms with Gasteiger partial charge in [-0.2, -0.15) is 0 Å². The van der Waals surface area contributed by atoms with Gasteiger partial charge in [0.15, 0.2) is 0 Å². The van der Waals surface area contributed by atoms with E-state index in [2.05, 4.69) is 4.72 Å². The van der Waals surface area contributed by atoms with Crippen LogP contribution in [0.5, 0.6) is 0 Å². The third kappa shape index (κ3) is 1.56. The van der Waals surface area contributed by atoms with Crippen molar-refractivity contribution in [1.82, 2.24) is 4.72 Å². The first-order valence-electron chi connectivity index (χ1n) is 2.98. The van der Waals surface area contributed by atoms with Crippen LogP contribution in [-0.2, 0) is 11.0 Å². The monoisotopic (exact) mass is 133 g/mol. The molecule has 48 valence electrons. The average molecular weight is 133 g/mol. The van der Waals surface area contributed by atoms with Gasteiger partial charge in [0.05, 0.1) is 11.0 Å². The summed E-state index contributed by atoms with van der Waals surface area (Å²) in [6, 6.07) is 0. The molecule has 1 rings (SSSR count). The normalized spacial score (nSPS) is 23.1. The van der Waals surface area contributed by atoms with Crippen molar-refractivity contribution in [3.8, 4) is 0 Å². The zero-order valence-electron chi connectivity index (χ0n) is 5.02. The molecule has 0 spiro atoms. The lowest BCUT2D eigenvalue weighted by atomic mass is 10.8. The Bertz CT molecular complexity index is 101. The number of rotatable bonds is 3.